The molecule has 2 heterocycles. The lowest BCUT2D eigenvalue weighted by Gasteiger charge is -2.09. The van der Waals surface area contributed by atoms with Crippen LogP contribution in [0.5, 0.6) is 5.75 Å². The van der Waals surface area contributed by atoms with Crippen molar-refractivity contribution < 1.29 is 14.9 Å². The van der Waals surface area contributed by atoms with Crippen molar-refractivity contribution in [3.63, 3.8) is 0 Å². The number of unbranched alkanes of at least 4 members (excludes halogenated alkanes) is 2. The second-order valence-electron chi connectivity index (χ2n) is 4.90. The Hall–Kier alpha value is -1.85. The number of fused-ring (bicyclic) bond motifs is 2. The summed E-state index contributed by atoms with van der Waals surface area (Å²) in [6.45, 7) is 1.60. The first kappa shape index (κ1) is 13.1. The molecule has 0 saturated carbocycles. The van der Waals surface area contributed by atoms with E-state index in [-0.39, 0.29) is 6.61 Å². The molecule has 0 fully saturated rings. The van der Waals surface area contributed by atoms with Crippen LogP contribution in [-0.4, -0.2) is 23.2 Å². The summed E-state index contributed by atoms with van der Waals surface area (Å²) < 4.78 is 0. The number of pyridine rings is 1. The van der Waals surface area contributed by atoms with Crippen molar-refractivity contribution in [1.29, 1.82) is 0 Å². The van der Waals surface area contributed by atoms with Gasteiger partial charge in [-0.3, -0.25) is 0 Å². The number of hydrogen-bond acceptors (Lipinski definition) is 5. The molecule has 2 N–H and O–H groups in total. The van der Waals surface area contributed by atoms with Gasteiger partial charge in [-0.1, -0.05) is 0 Å². The van der Waals surface area contributed by atoms with E-state index in [9.17, 15) is 0 Å². The fraction of sp³-hybridized carbons (Fsp3) is 0.400. The molecule has 0 atom stereocenters. The highest BCUT2D eigenvalue weighted by molar-refractivity contribution is 5.93. The zero-order chi connectivity index (χ0) is 13.8. The van der Waals surface area contributed by atoms with Crippen LogP contribution in [0.15, 0.2) is 24.4 Å². The van der Waals surface area contributed by atoms with Gasteiger partial charge in [-0.15, -0.1) is 0 Å². The summed E-state index contributed by atoms with van der Waals surface area (Å²) in [4.78, 5) is 14.5. The third kappa shape index (κ3) is 2.69. The first-order chi connectivity index (χ1) is 9.88. The summed E-state index contributed by atoms with van der Waals surface area (Å²) in [6, 6.07) is 6.02. The lowest BCUT2D eigenvalue weighted by atomic mass is 10.1. The van der Waals surface area contributed by atoms with Crippen LogP contribution in [0.2, 0.25) is 0 Å². The Balaban J connectivity index is 1.77. The third-order valence-corrected chi connectivity index (χ3v) is 3.44. The van der Waals surface area contributed by atoms with Crippen molar-refractivity contribution >= 4 is 16.6 Å². The fourth-order valence-electron chi connectivity index (χ4n) is 2.35. The highest BCUT2D eigenvalue weighted by Crippen LogP contribution is 2.33. The molecule has 1 aliphatic rings. The summed E-state index contributed by atoms with van der Waals surface area (Å²) in [7, 11) is 0. The number of nitrogens with one attached hydrogen (secondary N) is 1. The summed E-state index contributed by atoms with van der Waals surface area (Å²) in [5, 5.41) is 14.3. The van der Waals surface area contributed by atoms with Gasteiger partial charge in [0.15, 0.2) is 5.75 Å². The van der Waals surface area contributed by atoms with Crippen molar-refractivity contribution in [3.8, 4) is 5.75 Å². The van der Waals surface area contributed by atoms with Crippen LogP contribution in [0.1, 0.15) is 24.8 Å². The van der Waals surface area contributed by atoms with Crippen molar-refractivity contribution in [2.45, 2.75) is 25.9 Å². The number of benzene rings is 1. The van der Waals surface area contributed by atoms with Gasteiger partial charge in [-0.2, -0.15) is 4.89 Å². The summed E-state index contributed by atoms with van der Waals surface area (Å²) in [6.07, 6.45) is 4.69. The largest absolute Gasteiger partial charge is 0.396 e. The number of hydrogen-bond donors (Lipinski definition) is 2. The van der Waals surface area contributed by atoms with Gasteiger partial charge in [0.2, 0.25) is 0 Å². The Bertz CT molecular complexity index is 601. The maximum absolute atomic E-state index is 8.76. The van der Waals surface area contributed by atoms with E-state index in [0.29, 0.717) is 6.61 Å². The molecule has 0 amide bonds. The predicted molar refractivity (Wildman–Crippen MR) is 76.6 cm³/mol. The molecule has 0 radical (unpaired) electrons. The van der Waals surface area contributed by atoms with Crippen LogP contribution >= 0.6 is 0 Å². The van der Waals surface area contributed by atoms with Gasteiger partial charge >= 0.3 is 0 Å². The number of aliphatic hydroxyl groups excluding tert-OH is 1. The number of aliphatic hydroxyl groups is 1. The topological polar surface area (TPSA) is 63.6 Å². The average molecular weight is 274 g/mol. The lowest BCUT2D eigenvalue weighted by molar-refractivity contribution is -0.194. The Morgan fingerprint density at radius 3 is 3.10 bits per heavy atom. The van der Waals surface area contributed by atoms with E-state index in [0.717, 1.165) is 53.7 Å². The van der Waals surface area contributed by atoms with E-state index in [4.69, 9.17) is 14.9 Å². The van der Waals surface area contributed by atoms with E-state index in [2.05, 4.69) is 16.4 Å². The van der Waals surface area contributed by atoms with E-state index >= 15 is 0 Å². The quantitative estimate of drug-likeness (QED) is 0.626. The molecule has 1 aromatic heterocycles. The zero-order valence-electron chi connectivity index (χ0n) is 11.3. The number of nitrogens with zero attached hydrogens (tertiary/aromatic N) is 1. The highest BCUT2D eigenvalue weighted by Gasteiger charge is 2.16. The minimum Gasteiger partial charge on any atom is -0.396 e. The molecule has 1 aromatic carbocycles. The molecular weight excluding hydrogens is 256 g/mol. The van der Waals surface area contributed by atoms with Crippen LogP contribution in [-0.2, 0) is 11.5 Å². The van der Waals surface area contributed by atoms with Crippen LogP contribution in [0.25, 0.3) is 10.8 Å². The number of rotatable bonds is 6. The summed E-state index contributed by atoms with van der Waals surface area (Å²) in [5.41, 5.74) is 1.05. The maximum atomic E-state index is 8.76. The molecule has 1 aliphatic heterocycles. The van der Waals surface area contributed by atoms with E-state index in [1.165, 1.54) is 0 Å². The average Bonchev–Trinajstić information content (AvgIpc) is 2.92. The zero-order valence-corrected chi connectivity index (χ0v) is 11.3. The molecule has 0 saturated heterocycles. The molecule has 0 aliphatic carbocycles. The predicted octanol–water partition coefficient (Wildman–Crippen LogP) is 2.63. The normalized spacial score (nSPS) is 13.2. The van der Waals surface area contributed by atoms with Crippen LogP contribution in [0.4, 0.5) is 5.82 Å². The fourth-order valence-corrected chi connectivity index (χ4v) is 2.35. The number of anilines is 1. The smallest absolute Gasteiger partial charge is 0.171 e. The van der Waals surface area contributed by atoms with E-state index < -0.39 is 0 Å². The van der Waals surface area contributed by atoms with Gasteiger partial charge in [-0.05, 0) is 42.8 Å². The van der Waals surface area contributed by atoms with Crippen LogP contribution in [0, 0.1) is 0 Å². The van der Waals surface area contributed by atoms with Gasteiger partial charge in [0, 0.05) is 30.3 Å². The van der Waals surface area contributed by atoms with Crippen LogP contribution < -0.4 is 10.2 Å². The van der Waals surface area contributed by atoms with Crippen molar-refractivity contribution in [1.82, 2.24) is 4.98 Å². The minimum absolute atomic E-state index is 0.263. The van der Waals surface area contributed by atoms with Crippen molar-refractivity contribution in [2.75, 3.05) is 18.5 Å². The Morgan fingerprint density at radius 1 is 1.25 bits per heavy atom. The Morgan fingerprint density at radius 2 is 2.20 bits per heavy atom. The van der Waals surface area contributed by atoms with E-state index in [1.54, 1.807) is 6.20 Å². The summed E-state index contributed by atoms with van der Waals surface area (Å²) in [5.74, 6) is 1.68. The molecule has 5 heteroatoms. The van der Waals surface area contributed by atoms with Gasteiger partial charge in [0.05, 0.1) is 0 Å². The van der Waals surface area contributed by atoms with Gasteiger partial charge in [0.1, 0.15) is 12.4 Å². The molecule has 5 nitrogen and oxygen atoms in total. The highest BCUT2D eigenvalue weighted by atomic mass is 17.2. The molecule has 0 spiro atoms. The second-order valence-corrected chi connectivity index (χ2v) is 4.90. The molecule has 0 unspecified atom stereocenters. The monoisotopic (exact) mass is 274 g/mol. The van der Waals surface area contributed by atoms with Gasteiger partial charge < -0.3 is 15.3 Å². The second kappa shape index (κ2) is 6.07. The first-order valence-corrected chi connectivity index (χ1v) is 6.94. The SMILES string of the molecule is OCCCCCNc1nccc2cc3c(cc12)COO3. The Kier molecular flexibility index (Phi) is 3.99. The Labute approximate surface area is 117 Å². The van der Waals surface area contributed by atoms with Gasteiger partial charge in [-0.25, -0.2) is 4.98 Å². The van der Waals surface area contributed by atoms with Gasteiger partial charge in [0.25, 0.3) is 0 Å². The molecule has 0 bridgehead atoms. The lowest BCUT2D eigenvalue weighted by Crippen LogP contribution is -2.04. The molecule has 3 rings (SSSR count). The molecule has 2 aromatic rings. The first-order valence-electron chi connectivity index (χ1n) is 6.94. The number of aromatic nitrogens is 1. The standard InChI is InChI=1S/C15H18N2O3/c18-7-3-1-2-5-16-15-13-8-12-10-19-20-14(12)9-11(13)4-6-17-15/h4,6,8-9,18H,1-3,5,7,10H2,(H,16,17). The van der Waals surface area contributed by atoms with E-state index in [1.807, 2.05) is 12.1 Å². The third-order valence-electron chi connectivity index (χ3n) is 3.44. The van der Waals surface area contributed by atoms with Crippen molar-refractivity contribution in [2.24, 2.45) is 0 Å². The minimum atomic E-state index is 0.263. The molecule has 106 valence electrons. The summed E-state index contributed by atoms with van der Waals surface area (Å²) >= 11 is 0. The molecular formula is C15H18N2O3. The maximum Gasteiger partial charge on any atom is 0.171 e. The van der Waals surface area contributed by atoms with Crippen LogP contribution in [0.3, 0.4) is 0 Å². The molecule has 20 heavy (non-hydrogen) atoms. The van der Waals surface area contributed by atoms with Crippen molar-refractivity contribution in [3.05, 3.63) is 30.0 Å².